The molecule has 5 rings (SSSR count). The number of hydrogen-bond donors (Lipinski definition) is 3. The summed E-state index contributed by atoms with van der Waals surface area (Å²) >= 11 is 6.00. The predicted octanol–water partition coefficient (Wildman–Crippen LogP) is 3.88. The van der Waals surface area contributed by atoms with Crippen LogP contribution in [0.4, 0.5) is 0 Å². The Morgan fingerprint density at radius 1 is 1.11 bits per heavy atom. The molecule has 8 nitrogen and oxygen atoms in total. The van der Waals surface area contributed by atoms with Crippen molar-refractivity contribution >= 4 is 23.5 Å². The number of fused-ring (bicyclic) bond motifs is 1. The molecule has 3 unspecified atom stereocenters. The molecule has 2 saturated carbocycles. The number of ether oxygens (including phenoxy) is 3. The molecule has 9 heteroatoms. The molecular formula is C27H30ClNO7. The molecule has 3 aliphatic rings. The third-order valence-electron chi connectivity index (χ3n) is 6.92. The van der Waals surface area contributed by atoms with Crippen LogP contribution in [-0.4, -0.2) is 46.6 Å². The first-order valence-corrected chi connectivity index (χ1v) is 12.8. The van der Waals surface area contributed by atoms with Crippen LogP contribution in [0.3, 0.4) is 0 Å². The minimum atomic E-state index is -2.53. The van der Waals surface area contributed by atoms with Crippen LogP contribution in [-0.2, 0) is 20.7 Å². The quantitative estimate of drug-likeness (QED) is 0.305. The van der Waals surface area contributed by atoms with Crippen molar-refractivity contribution in [2.24, 2.45) is 11.8 Å². The fourth-order valence-electron chi connectivity index (χ4n) is 4.63. The SMILES string of the molecule is CC(Cc1ccc2c(c1)OC(C(=O)O)(C(=O)OC(C1CC1)C1CC1)O2)NCC(O)c1cccc(Cl)c1. The molecule has 3 atom stereocenters. The van der Waals surface area contributed by atoms with Crippen LogP contribution in [0, 0.1) is 11.8 Å². The van der Waals surface area contributed by atoms with Gasteiger partial charge in [-0.15, -0.1) is 0 Å². The number of carboxylic acids is 1. The van der Waals surface area contributed by atoms with E-state index >= 15 is 0 Å². The summed E-state index contributed by atoms with van der Waals surface area (Å²) in [4.78, 5) is 25.1. The van der Waals surface area contributed by atoms with Gasteiger partial charge in [-0.2, -0.15) is 0 Å². The maximum Gasteiger partial charge on any atom is 0.453 e. The smallest absolute Gasteiger partial charge is 0.453 e. The van der Waals surface area contributed by atoms with Gasteiger partial charge in [-0.3, -0.25) is 0 Å². The van der Waals surface area contributed by atoms with Crippen LogP contribution in [0.2, 0.25) is 5.02 Å². The number of aliphatic carboxylic acids is 1. The summed E-state index contributed by atoms with van der Waals surface area (Å²) in [6, 6.07) is 12.2. The molecule has 2 aromatic rings. The van der Waals surface area contributed by atoms with Crippen molar-refractivity contribution in [3.63, 3.8) is 0 Å². The first-order chi connectivity index (χ1) is 17.2. The molecular weight excluding hydrogens is 486 g/mol. The van der Waals surface area contributed by atoms with Crippen LogP contribution in [0.5, 0.6) is 11.5 Å². The number of hydrogen-bond acceptors (Lipinski definition) is 7. The molecule has 2 aliphatic carbocycles. The number of aliphatic hydroxyl groups excluding tert-OH is 1. The zero-order valence-corrected chi connectivity index (χ0v) is 20.7. The van der Waals surface area contributed by atoms with Crippen molar-refractivity contribution in [2.45, 2.75) is 63.1 Å². The second kappa shape index (κ2) is 9.92. The number of carbonyl (C=O) groups is 2. The van der Waals surface area contributed by atoms with E-state index in [4.69, 9.17) is 25.8 Å². The van der Waals surface area contributed by atoms with E-state index in [1.807, 2.05) is 13.0 Å². The van der Waals surface area contributed by atoms with E-state index < -0.39 is 23.8 Å². The number of benzene rings is 2. The van der Waals surface area contributed by atoms with E-state index in [0.29, 0.717) is 29.8 Å². The summed E-state index contributed by atoms with van der Waals surface area (Å²) in [5.41, 5.74) is 1.59. The van der Waals surface area contributed by atoms with Gasteiger partial charge in [0.15, 0.2) is 11.5 Å². The van der Waals surface area contributed by atoms with Gasteiger partial charge in [-0.25, -0.2) is 9.59 Å². The second-order valence-electron chi connectivity index (χ2n) is 10.0. The highest BCUT2D eigenvalue weighted by Gasteiger charge is 2.60. The van der Waals surface area contributed by atoms with Crippen molar-refractivity contribution in [2.75, 3.05) is 6.54 Å². The Kier molecular flexibility index (Phi) is 6.85. The minimum Gasteiger partial charge on any atom is -0.475 e. The Balaban J connectivity index is 1.21. The molecule has 36 heavy (non-hydrogen) atoms. The van der Waals surface area contributed by atoms with Gasteiger partial charge >= 0.3 is 17.7 Å². The first kappa shape index (κ1) is 24.9. The molecule has 0 bridgehead atoms. The molecule has 1 heterocycles. The Labute approximate surface area is 214 Å². The summed E-state index contributed by atoms with van der Waals surface area (Å²) in [6.07, 6.45) is 3.55. The van der Waals surface area contributed by atoms with Crippen molar-refractivity contribution in [3.8, 4) is 11.5 Å². The van der Waals surface area contributed by atoms with Crippen molar-refractivity contribution in [3.05, 3.63) is 58.6 Å². The lowest BCUT2D eigenvalue weighted by atomic mass is 10.1. The number of carbonyl (C=O) groups excluding carboxylic acids is 1. The number of halogens is 1. The van der Waals surface area contributed by atoms with Crippen LogP contribution < -0.4 is 14.8 Å². The standard InChI is InChI=1S/C27H30ClNO7/c1-15(29-14-21(30)19-3-2-4-20(28)13-19)11-16-5-10-22-23(12-16)36-27(35-22,25(31)32)26(33)34-24(17-6-7-17)18-8-9-18/h2-5,10,12-13,15,17-18,21,24,29-30H,6-9,11,14H2,1H3,(H,31,32). The predicted molar refractivity (Wildman–Crippen MR) is 131 cm³/mol. The van der Waals surface area contributed by atoms with E-state index in [1.165, 1.54) is 0 Å². The minimum absolute atomic E-state index is 0.00811. The average molecular weight is 516 g/mol. The van der Waals surface area contributed by atoms with E-state index in [9.17, 15) is 19.8 Å². The van der Waals surface area contributed by atoms with Gasteiger partial charge in [-0.1, -0.05) is 29.8 Å². The van der Waals surface area contributed by atoms with Crippen LogP contribution in [0.25, 0.3) is 0 Å². The normalized spacial score (nSPS) is 22.3. The molecule has 2 aromatic carbocycles. The molecule has 1 aliphatic heterocycles. The molecule has 0 saturated heterocycles. The Hall–Kier alpha value is -2.81. The van der Waals surface area contributed by atoms with Crippen LogP contribution >= 0.6 is 11.6 Å². The number of rotatable bonds is 11. The van der Waals surface area contributed by atoms with Gasteiger partial charge in [0.25, 0.3) is 0 Å². The topological polar surface area (TPSA) is 114 Å². The molecule has 3 N–H and O–H groups in total. The van der Waals surface area contributed by atoms with Gasteiger partial charge in [0.1, 0.15) is 6.10 Å². The molecule has 192 valence electrons. The second-order valence-corrected chi connectivity index (χ2v) is 10.5. The molecule has 0 spiro atoms. The van der Waals surface area contributed by atoms with Gasteiger partial charge < -0.3 is 29.7 Å². The average Bonchev–Trinajstić information content (AvgIpc) is 3.78. The Morgan fingerprint density at radius 3 is 2.44 bits per heavy atom. The summed E-state index contributed by atoms with van der Waals surface area (Å²) in [6.45, 7) is 2.31. The van der Waals surface area contributed by atoms with Crippen LogP contribution in [0.15, 0.2) is 42.5 Å². The van der Waals surface area contributed by atoms with Crippen molar-refractivity contribution in [1.29, 1.82) is 0 Å². The van der Waals surface area contributed by atoms with Gasteiger partial charge in [0, 0.05) is 17.6 Å². The molecule has 0 amide bonds. The van der Waals surface area contributed by atoms with Gasteiger partial charge in [0.05, 0.1) is 6.10 Å². The molecule has 2 fully saturated rings. The van der Waals surface area contributed by atoms with Crippen LogP contribution in [0.1, 0.15) is 49.8 Å². The lowest BCUT2D eigenvalue weighted by Crippen LogP contribution is -2.56. The summed E-state index contributed by atoms with van der Waals surface area (Å²) in [5, 5.41) is 24.2. The summed E-state index contributed by atoms with van der Waals surface area (Å²) in [5.74, 6) is -4.12. The van der Waals surface area contributed by atoms with E-state index in [0.717, 1.165) is 36.8 Å². The zero-order valence-electron chi connectivity index (χ0n) is 20.0. The maximum atomic E-state index is 13.0. The lowest BCUT2D eigenvalue weighted by molar-refractivity contribution is -0.203. The fraction of sp³-hybridized carbons (Fsp3) is 0.481. The molecule has 0 radical (unpaired) electrons. The maximum absolute atomic E-state index is 13.0. The summed E-state index contributed by atoms with van der Waals surface area (Å²) < 4.78 is 16.9. The lowest BCUT2D eigenvalue weighted by Gasteiger charge is -2.24. The molecule has 0 aromatic heterocycles. The summed E-state index contributed by atoms with van der Waals surface area (Å²) in [7, 11) is 0. The number of nitrogens with one attached hydrogen (secondary N) is 1. The number of carboxylic acid groups (broad SMARTS) is 1. The highest BCUT2D eigenvalue weighted by Crippen LogP contribution is 2.48. The van der Waals surface area contributed by atoms with E-state index in [2.05, 4.69) is 5.32 Å². The Bertz CT molecular complexity index is 1140. The van der Waals surface area contributed by atoms with Gasteiger partial charge in [-0.05, 0) is 86.3 Å². The van der Waals surface area contributed by atoms with Gasteiger partial charge in [0.2, 0.25) is 0 Å². The van der Waals surface area contributed by atoms with Crippen molar-refractivity contribution in [1.82, 2.24) is 5.32 Å². The third-order valence-corrected chi connectivity index (χ3v) is 7.15. The first-order valence-electron chi connectivity index (χ1n) is 12.4. The highest BCUT2D eigenvalue weighted by molar-refractivity contribution is 6.30. The monoisotopic (exact) mass is 515 g/mol. The fourth-order valence-corrected chi connectivity index (χ4v) is 4.83. The Morgan fingerprint density at radius 2 is 1.81 bits per heavy atom. The zero-order chi connectivity index (χ0) is 25.4. The largest absolute Gasteiger partial charge is 0.475 e. The van der Waals surface area contributed by atoms with Crippen molar-refractivity contribution < 1.29 is 34.0 Å². The number of esters is 1. The highest BCUT2D eigenvalue weighted by atomic mass is 35.5. The van der Waals surface area contributed by atoms with E-state index in [1.54, 1.807) is 36.4 Å². The third kappa shape index (κ3) is 5.31. The van der Waals surface area contributed by atoms with E-state index in [-0.39, 0.29) is 23.6 Å². The number of aliphatic hydroxyl groups is 1.